The van der Waals surface area contributed by atoms with Gasteiger partial charge in [0.15, 0.2) is 0 Å². The van der Waals surface area contributed by atoms with Crippen LogP contribution in [0.2, 0.25) is 0 Å². The molecule has 22 heavy (non-hydrogen) atoms. The third-order valence-corrected chi connectivity index (χ3v) is 4.96. The van der Waals surface area contributed by atoms with E-state index in [4.69, 9.17) is 10.5 Å². The van der Waals surface area contributed by atoms with Crippen LogP contribution in [0, 0.1) is 5.92 Å². The molecular weight excluding hydrogens is 278 g/mol. The van der Waals surface area contributed by atoms with Gasteiger partial charge in [0.05, 0.1) is 0 Å². The second-order valence-electron chi connectivity index (χ2n) is 6.48. The molecule has 2 atom stereocenters. The van der Waals surface area contributed by atoms with Crippen molar-refractivity contribution < 1.29 is 14.6 Å². The van der Waals surface area contributed by atoms with Crippen LogP contribution in [0.1, 0.15) is 56.1 Å². The maximum Gasteiger partial charge on any atom is 0.364 e. The zero-order chi connectivity index (χ0) is 15.7. The highest BCUT2D eigenvalue weighted by molar-refractivity contribution is 5.81. The Morgan fingerprint density at radius 1 is 1.23 bits per heavy atom. The molecule has 1 aromatic rings. The van der Waals surface area contributed by atoms with Crippen molar-refractivity contribution in [3.8, 4) is 0 Å². The summed E-state index contributed by atoms with van der Waals surface area (Å²) in [5.74, 6) is -0.275. The maximum atomic E-state index is 11.3. The van der Waals surface area contributed by atoms with E-state index in [0.29, 0.717) is 11.7 Å². The lowest BCUT2D eigenvalue weighted by molar-refractivity contribution is -0.158. The van der Waals surface area contributed by atoms with Crippen LogP contribution in [0.15, 0.2) is 30.3 Å². The first kappa shape index (κ1) is 15.1. The van der Waals surface area contributed by atoms with Gasteiger partial charge in [-0.2, -0.15) is 0 Å². The molecule has 0 amide bonds. The Kier molecular flexibility index (Phi) is 3.96. The monoisotopic (exact) mass is 301 g/mol. The zero-order valence-corrected chi connectivity index (χ0v) is 12.9. The molecule has 2 unspecified atom stereocenters. The fourth-order valence-electron chi connectivity index (χ4n) is 3.41. The Hall–Kier alpha value is -1.81. The molecule has 2 aliphatic rings. The van der Waals surface area contributed by atoms with E-state index in [2.05, 4.69) is 12.1 Å². The lowest BCUT2D eigenvalue weighted by Crippen LogP contribution is -2.52. The topological polar surface area (TPSA) is 72.5 Å². The molecule has 0 spiro atoms. The van der Waals surface area contributed by atoms with Crippen molar-refractivity contribution in [2.75, 3.05) is 0 Å². The van der Waals surface area contributed by atoms with Crippen LogP contribution in [0.4, 0.5) is 0 Å². The molecule has 1 aliphatic heterocycles. The predicted molar refractivity (Wildman–Crippen MR) is 85.0 cm³/mol. The van der Waals surface area contributed by atoms with Crippen LogP contribution < -0.4 is 5.73 Å². The average Bonchev–Trinajstić information content (AvgIpc) is 2.85. The number of rotatable bonds is 3. The number of carboxylic acids is 1. The Labute approximate surface area is 131 Å². The highest BCUT2D eigenvalue weighted by Crippen LogP contribution is 2.37. The number of ether oxygens (including phenoxy) is 1. The molecule has 4 nitrogen and oxygen atoms in total. The molecule has 0 saturated heterocycles. The normalized spacial score (nSPS) is 29.0. The van der Waals surface area contributed by atoms with Crippen LogP contribution in [-0.2, 0) is 9.53 Å². The fourth-order valence-corrected chi connectivity index (χ4v) is 3.41. The van der Waals surface area contributed by atoms with E-state index in [-0.39, 0.29) is 5.92 Å². The van der Waals surface area contributed by atoms with Crippen molar-refractivity contribution in [2.24, 2.45) is 11.7 Å². The van der Waals surface area contributed by atoms with Gasteiger partial charge in [0.25, 0.3) is 5.72 Å². The highest BCUT2D eigenvalue weighted by Gasteiger charge is 2.46. The number of carbonyl (C=O) groups is 1. The quantitative estimate of drug-likeness (QED) is 0.896. The van der Waals surface area contributed by atoms with Gasteiger partial charge < -0.3 is 9.84 Å². The minimum atomic E-state index is -1.66. The van der Waals surface area contributed by atoms with E-state index in [0.717, 1.165) is 5.56 Å². The van der Waals surface area contributed by atoms with Crippen LogP contribution in [-0.4, -0.2) is 16.8 Å². The first-order valence-electron chi connectivity index (χ1n) is 8.04. The molecule has 1 aliphatic carbocycles. The molecule has 3 N–H and O–H groups in total. The van der Waals surface area contributed by atoms with E-state index in [1.807, 2.05) is 12.1 Å². The van der Waals surface area contributed by atoms with E-state index in [1.54, 1.807) is 13.0 Å². The summed E-state index contributed by atoms with van der Waals surface area (Å²) in [5, 5.41) is 9.24. The molecule has 1 saturated carbocycles. The third-order valence-electron chi connectivity index (χ3n) is 4.96. The summed E-state index contributed by atoms with van der Waals surface area (Å²) in [5.41, 5.74) is 6.45. The van der Waals surface area contributed by atoms with Gasteiger partial charge in [-0.25, -0.2) is 4.79 Å². The molecule has 1 heterocycles. The van der Waals surface area contributed by atoms with Crippen molar-refractivity contribution in [1.29, 1.82) is 0 Å². The molecular formula is C18H23NO3. The molecule has 0 aromatic heterocycles. The molecule has 1 fully saturated rings. The van der Waals surface area contributed by atoms with Gasteiger partial charge in [0.1, 0.15) is 5.76 Å². The molecule has 118 valence electrons. The van der Waals surface area contributed by atoms with E-state index in [1.165, 1.54) is 37.7 Å². The molecule has 4 heteroatoms. The van der Waals surface area contributed by atoms with Crippen molar-refractivity contribution in [2.45, 2.75) is 50.7 Å². The Balaban J connectivity index is 1.76. The number of hydrogen-bond donors (Lipinski definition) is 2. The Bertz CT molecular complexity index is 587. The number of aliphatic carboxylic acids is 1. The summed E-state index contributed by atoms with van der Waals surface area (Å²) in [6.45, 7) is 1.76. The predicted octanol–water partition coefficient (Wildman–Crippen LogP) is 3.48. The molecule has 3 rings (SSSR count). The van der Waals surface area contributed by atoms with Gasteiger partial charge in [-0.15, -0.1) is 0 Å². The van der Waals surface area contributed by atoms with Crippen molar-refractivity contribution in [3.05, 3.63) is 41.5 Å². The Morgan fingerprint density at radius 3 is 2.41 bits per heavy atom. The third kappa shape index (κ3) is 2.63. The van der Waals surface area contributed by atoms with Gasteiger partial charge in [0, 0.05) is 11.5 Å². The largest absolute Gasteiger partial charge is 0.477 e. The van der Waals surface area contributed by atoms with E-state index < -0.39 is 11.7 Å². The number of benzene rings is 1. The second-order valence-corrected chi connectivity index (χ2v) is 6.48. The van der Waals surface area contributed by atoms with Crippen molar-refractivity contribution >= 4 is 11.7 Å². The summed E-state index contributed by atoms with van der Waals surface area (Å²) in [6, 6.07) is 8.29. The zero-order valence-electron chi connectivity index (χ0n) is 12.9. The summed E-state index contributed by atoms with van der Waals surface area (Å²) < 4.78 is 5.53. The summed E-state index contributed by atoms with van der Waals surface area (Å²) >= 11 is 0. The highest BCUT2D eigenvalue weighted by atomic mass is 16.5. The molecule has 0 bridgehead atoms. The standard InChI is InChI=1S/C18H23NO3/c1-12-11-16(22-18(12,19)17(20)21)15-9-7-14(8-10-15)13-5-3-2-4-6-13/h7-13H,2-6,19H2,1H3,(H,20,21). The summed E-state index contributed by atoms with van der Waals surface area (Å²) in [4.78, 5) is 11.3. The minimum absolute atomic E-state index is 0.363. The van der Waals surface area contributed by atoms with Crippen LogP contribution in [0.5, 0.6) is 0 Å². The fraction of sp³-hybridized carbons (Fsp3) is 0.500. The smallest absolute Gasteiger partial charge is 0.364 e. The summed E-state index contributed by atoms with van der Waals surface area (Å²) in [7, 11) is 0. The second kappa shape index (κ2) is 5.76. The van der Waals surface area contributed by atoms with Gasteiger partial charge >= 0.3 is 5.97 Å². The van der Waals surface area contributed by atoms with E-state index in [9.17, 15) is 9.90 Å². The first-order valence-corrected chi connectivity index (χ1v) is 8.04. The molecule has 1 aromatic carbocycles. The lowest BCUT2D eigenvalue weighted by atomic mass is 9.84. The Morgan fingerprint density at radius 2 is 1.86 bits per heavy atom. The van der Waals surface area contributed by atoms with Crippen molar-refractivity contribution in [3.63, 3.8) is 0 Å². The summed E-state index contributed by atoms with van der Waals surface area (Å²) in [6.07, 6.45) is 8.30. The van der Waals surface area contributed by atoms with Crippen molar-refractivity contribution in [1.82, 2.24) is 0 Å². The van der Waals surface area contributed by atoms with Gasteiger partial charge in [-0.1, -0.05) is 50.5 Å². The van der Waals surface area contributed by atoms with Gasteiger partial charge in [-0.05, 0) is 30.4 Å². The average molecular weight is 301 g/mol. The number of carboxylic acid groups (broad SMARTS) is 1. The van der Waals surface area contributed by atoms with Crippen LogP contribution in [0.25, 0.3) is 5.76 Å². The number of nitrogens with two attached hydrogens (primary N) is 1. The van der Waals surface area contributed by atoms with Crippen LogP contribution >= 0.6 is 0 Å². The SMILES string of the molecule is CC1C=C(c2ccc(C3CCCCC3)cc2)OC1(N)C(=O)O. The van der Waals surface area contributed by atoms with Gasteiger partial charge in [-0.3, -0.25) is 5.73 Å². The number of hydrogen-bond acceptors (Lipinski definition) is 3. The van der Waals surface area contributed by atoms with E-state index >= 15 is 0 Å². The lowest BCUT2D eigenvalue weighted by Gasteiger charge is -2.24. The van der Waals surface area contributed by atoms with Crippen LogP contribution in [0.3, 0.4) is 0 Å². The molecule has 0 radical (unpaired) electrons. The minimum Gasteiger partial charge on any atom is -0.477 e. The van der Waals surface area contributed by atoms with Gasteiger partial charge in [0.2, 0.25) is 0 Å². The first-order chi connectivity index (χ1) is 10.5. The maximum absolute atomic E-state index is 11.3.